The van der Waals surface area contributed by atoms with Crippen LogP contribution in [0.2, 0.25) is 0 Å². The number of piperazine rings is 1. The van der Waals surface area contributed by atoms with Gasteiger partial charge in [0.05, 0.1) is 11.9 Å². The van der Waals surface area contributed by atoms with Crippen LogP contribution in [-0.2, 0) is 0 Å². The molecule has 4 aromatic heterocycles. The highest BCUT2D eigenvalue weighted by Crippen LogP contribution is 2.25. The average Bonchev–Trinajstić information content (AvgIpc) is 3.37. The first-order chi connectivity index (χ1) is 13.8. The van der Waals surface area contributed by atoms with Crippen molar-refractivity contribution < 1.29 is 0 Å². The summed E-state index contributed by atoms with van der Waals surface area (Å²) in [7, 11) is 0. The molecule has 5 rings (SSSR count). The summed E-state index contributed by atoms with van der Waals surface area (Å²) in [5.74, 6) is 1.24. The fraction of sp³-hybridized carbons (Fsp3) is 0.263. The normalized spacial score (nSPS) is 14.5. The lowest BCUT2D eigenvalue weighted by Crippen LogP contribution is -2.43. The van der Waals surface area contributed by atoms with E-state index >= 15 is 0 Å². The van der Waals surface area contributed by atoms with E-state index in [9.17, 15) is 0 Å². The Labute approximate surface area is 166 Å². The van der Waals surface area contributed by atoms with E-state index in [2.05, 4.69) is 43.5 Å². The van der Waals surface area contributed by atoms with E-state index in [1.54, 1.807) is 17.5 Å². The molecule has 0 aliphatic carbocycles. The summed E-state index contributed by atoms with van der Waals surface area (Å²) in [6.45, 7) is 6.07. The number of nitrogens with one attached hydrogen (secondary N) is 2. The third kappa shape index (κ3) is 3.19. The number of pyridine rings is 1. The standard InChI is InChI=1S/C19H20N8S/c1-13-12-27(19-21-6-9-28-19)17-15(13)11-23-18(25-17)24-16-3-2-14(10-22-16)26-7-4-20-5-8-26/h2-3,6,9-12,20H,4-5,7-8H2,1H3,(H,22,23,24,25). The molecule has 1 fully saturated rings. The van der Waals surface area contributed by atoms with Crippen molar-refractivity contribution in [3.8, 4) is 5.13 Å². The molecule has 2 N–H and O–H groups in total. The quantitative estimate of drug-likeness (QED) is 0.552. The predicted octanol–water partition coefficient (Wildman–Crippen LogP) is 2.73. The Morgan fingerprint density at radius 3 is 2.75 bits per heavy atom. The lowest BCUT2D eigenvalue weighted by Gasteiger charge is -2.29. The molecule has 0 amide bonds. The van der Waals surface area contributed by atoms with Crippen molar-refractivity contribution in [1.82, 2.24) is 29.8 Å². The van der Waals surface area contributed by atoms with Crippen LogP contribution in [0.1, 0.15) is 5.56 Å². The Bertz CT molecular complexity index is 1080. The fourth-order valence-corrected chi connectivity index (χ4v) is 4.00. The van der Waals surface area contributed by atoms with Crippen molar-refractivity contribution in [1.29, 1.82) is 0 Å². The molecule has 0 saturated carbocycles. The van der Waals surface area contributed by atoms with Crippen molar-refractivity contribution in [3.05, 3.63) is 47.9 Å². The molecule has 28 heavy (non-hydrogen) atoms. The minimum Gasteiger partial charge on any atom is -0.368 e. The van der Waals surface area contributed by atoms with Gasteiger partial charge in [-0.3, -0.25) is 4.57 Å². The maximum absolute atomic E-state index is 4.71. The number of fused-ring (bicyclic) bond motifs is 1. The van der Waals surface area contributed by atoms with Crippen molar-refractivity contribution in [2.45, 2.75) is 6.92 Å². The first-order valence-corrected chi connectivity index (χ1v) is 10.1. The summed E-state index contributed by atoms with van der Waals surface area (Å²) < 4.78 is 2.00. The number of rotatable bonds is 4. The minimum absolute atomic E-state index is 0.519. The van der Waals surface area contributed by atoms with E-state index in [1.165, 1.54) is 0 Å². The van der Waals surface area contributed by atoms with Crippen LogP contribution in [0.4, 0.5) is 17.5 Å². The number of aromatic nitrogens is 5. The van der Waals surface area contributed by atoms with Gasteiger partial charge in [-0.05, 0) is 24.6 Å². The number of aryl methyl sites for hydroxylation is 1. The number of hydrogen-bond donors (Lipinski definition) is 2. The highest BCUT2D eigenvalue weighted by molar-refractivity contribution is 7.12. The molecular formula is C19H20N8S. The average molecular weight is 392 g/mol. The van der Waals surface area contributed by atoms with Crippen LogP contribution in [0.5, 0.6) is 0 Å². The molecule has 0 unspecified atom stereocenters. The lowest BCUT2D eigenvalue weighted by atomic mass is 10.3. The highest BCUT2D eigenvalue weighted by atomic mass is 32.1. The summed E-state index contributed by atoms with van der Waals surface area (Å²) in [6.07, 6.45) is 7.58. The zero-order valence-corrected chi connectivity index (χ0v) is 16.3. The topological polar surface area (TPSA) is 83.8 Å². The SMILES string of the molecule is Cc1cn(-c2nccs2)c2nc(Nc3ccc(N4CCNCC4)cn3)ncc12. The van der Waals surface area contributed by atoms with Crippen LogP contribution in [0.15, 0.2) is 42.3 Å². The molecule has 1 aliphatic rings. The molecule has 8 nitrogen and oxygen atoms in total. The molecule has 0 radical (unpaired) electrons. The first-order valence-electron chi connectivity index (χ1n) is 9.21. The van der Waals surface area contributed by atoms with E-state index in [0.29, 0.717) is 5.95 Å². The molecule has 1 saturated heterocycles. The zero-order valence-electron chi connectivity index (χ0n) is 15.5. The Balaban J connectivity index is 1.41. The van der Waals surface area contributed by atoms with Gasteiger partial charge in [-0.15, -0.1) is 11.3 Å². The number of hydrogen-bond acceptors (Lipinski definition) is 8. The number of anilines is 3. The number of thiazole rings is 1. The molecular weight excluding hydrogens is 372 g/mol. The second-order valence-electron chi connectivity index (χ2n) is 6.69. The van der Waals surface area contributed by atoms with Crippen molar-refractivity contribution >= 4 is 39.8 Å². The van der Waals surface area contributed by atoms with Gasteiger partial charge in [0, 0.05) is 55.5 Å². The van der Waals surface area contributed by atoms with E-state index in [4.69, 9.17) is 4.98 Å². The number of nitrogens with zero attached hydrogens (tertiary/aromatic N) is 6. The van der Waals surface area contributed by atoms with Crippen LogP contribution in [0.3, 0.4) is 0 Å². The van der Waals surface area contributed by atoms with Gasteiger partial charge >= 0.3 is 0 Å². The second-order valence-corrected chi connectivity index (χ2v) is 7.56. The van der Waals surface area contributed by atoms with Crippen LogP contribution in [0.25, 0.3) is 16.2 Å². The largest absolute Gasteiger partial charge is 0.368 e. The molecule has 5 heterocycles. The molecule has 1 aliphatic heterocycles. The third-order valence-electron chi connectivity index (χ3n) is 4.84. The lowest BCUT2D eigenvalue weighted by molar-refractivity contribution is 0.589. The van der Waals surface area contributed by atoms with Gasteiger partial charge in [-0.2, -0.15) is 4.98 Å². The van der Waals surface area contributed by atoms with E-state index in [-0.39, 0.29) is 0 Å². The predicted molar refractivity (Wildman–Crippen MR) is 112 cm³/mol. The second kappa shape index (κ2) is 7.17. The summed E-state index contributed by atoms with van der Waals surface area (Å²) in [5, 5.41) is 10.4. The minimum atomic E-state index is 0.519. The molecule has 0 atom stereocenters. The van der Waals surface area contributed by atoms with Gasteiger partial charge < -0.3 is 15.5 Å². The summed E-state index contributed by atoms with van der Waals surface area (Å²) >= 11 is 1.58. The Kier molecular flexibility index (Phi) is 4.38. The molecule has 0 bridgehead atoms. The summed E-state index contributed by atoms with van der Waals surface area (Å²) in [5.41, 5.74) is 3.09. The fourth-order valence-electron chi connectivity index (χ4n) is 3.38. The first kappa shape index (κ1) is 17.1. The van der Waals surface area contributed by atoms with Gasteiger partial charge in [-0.1, -0.05) is 0 Å². The van der Waals surface area contributed by atoms with Gasteiger partial charge in [-0.25, -0.2) is 15.0 Å². The third-order valence-corrected chi connectivity index (χ3v) is 5.61. The van der Waals surface area contributed by atoms with Crippen LogP contribution >= 0.6 is 11.3 Å². The van der Waals surface area contributed by atoms with E-state index < -0.39 is 0 Å². The van der Waals surface area contributed by atoms with Crippen molar-refractivity contribution in [2.75, 3.05) is 36.4 Å². The summed E-state index contributed by atoms with van der Waals surface area (Å²) in [6, 6.07) is 4.05. The summed E-state index contributed by atoms with van der Waals surface area (Å²) in [4.78, 5) is 20.4. The van der Waals surface area contributed by atoms with Gasteiger partial charge in [0.25, 0.3) is 0 Å². The van der Waals surface area contributed by atoms with Crippen LogP contribution in [-0.4, -0.2) is 50.7 Å². The molecule has 4 aromatic rings. The monoisotopic (exact) mass is 392 g/mol. The molecule has 0 aromatic carbocycles. The maximum atomic E-state index is 4.71. The van der Waals surface area contributed by atoms with Crippen molar-refractivity contribution in [2.24, 2.45) is 0 Å². The van der Waals surface area contributed by atoms with E-state index in [0.717, 1.165) is 59.4 Å². The highest BCUT2D eigenvalue weighted by Gasteiger charge is 2.13. The Morgan fingerprint density at radius 2 is 2.00 bits per heavy atom. The molecule has 0 spiro atoms. The van der Waals surface area contributed by atoms with Crippen molar-refractivity contribution in [3.63, 3.8) is 0 Å². The Hall–Kier alpha value is -3.04. The smallest absolute Gasteiger partial charge is 0.230 e. The Morgan fingerprint density at radius 1 is 1.11 bits per heavy atom. The van der Waals surface area contributed by atoms with Gasteiger partial charge in [0.15, 0.2) is 10.8 Å². The molecule has 142 valence electrons. The van der Waals surface area contributed by atoms with Crippen LogP contribution in [0, 0.1) is 6.92 Å². The van der Waals surface area contributed by atoms with Crippen LogP contribution < -0.4 is 15.5 Å². The zero-order chi connectivity index (χ0) is 18.9. The van der Waals surface area contributed by atoms with Gasteiger partial charge in [0.2, 0.25) is 5.95 Å². The molecule has 9 heteroatoms. The van der Waals surface area contributed by atoms with E-state index in [1.807, 2.05) is 34.6 Å². The van der Waals surface area contributed by atoms with Gasteiger partial charge in [0.1, 0.15) is 5.82 Å². The maximum Gasteiger partial charge on any atom is 0.230 e.